The topological polar surface area (TPSA) is 45.7 Å². The Morgan fingerprint density at radius 1 is 1.29 bits per heavy atom. The fourth-order valence-electron chi connectivity index (χ4n) is 2.27. The molecule has 116 valence electrons. The smallest absolute Gasteiger partial charge is 0.410 e. The molecule has 1 aliphatic rings. The van der Waals surface area contributed by atoms with Gasteiger partial charge in [0.05, 0.1) is 0 Å². The fourth-order valence-corrected chi connectivity index (χ4v) is 2.63. The molecule has 0 aromatic carbocycles. The summed E-state index contributed by atoms with van der Waals surface area (Å²) in [7, 11) is 0. The number of anilines is 1. The van der Waals surface area contributed by atoms with Gasteiger partial charge in [0.15, 0.2) is 0 Å². The highest BCUT2D eigenvalue weighted by Crippen LogP contribution is 2.20. The number of rotatable bonds is 1. The second-order valence-corrected chi connectivity index (χ2v) is 6.96. The summed E-state index contributed by atoms with van der Waals surface area (Å²) < 4.78 is 6.27. The van der Waals surface area contributed by atoms with E-state index in [9.17, 15) is 4.79 Å². The van der Waals surface area contributed by atoms with Crippen LogP contribution >= 0.6 is 15.9 Å². The largest absolute Gasteiger partial charge is 0.444 e. The van der Waals surface area contributed by atoms with Gasteiger partial charge in [-0.1, -0.05) is 0 Å². The van der Waals surface area contributed by atoms with Crippen LogP contribution in [0.2, 0.25) is 0 Å². The molecule has 0 N–H and O–H groups in total. The molecule has 1 fully saturated rings. The Kier molecular flexibility index (Phi) is 5.08. The second kappa shape index (κ2) is 6.64. The molecule has 2 heterocycles. The third-order valence-electron chi connectivity index (χ3n) is 3.22. The van der Waals surface area contributed by atoms with Gasteiger partial charge in [-0.15, -0.1) is 0 Å². The van der Waals surface area contributed by atoms with Crippen LogP contribution < -0.4 is 4.90 Å². The fraction of sp³-hybridized carbons (Fsp3) is 0.600. The molecule has 5 nitrogen and oxygen atoms in total. The highest BCUT2D eigenvalue weighted by atomic mass is 79.9. The van der Waals surface area contributed by atoms with E-state index in [0.717, 1.165) is 36.3 Å². The highest BCUT2D eigenvalue weighted by Gasteiger charge is 2.24. The maximum absolute atomic E-state index is 12.1. The Labute approximate surface area is 134 Å². The maximum Gasteiger partial charge on any atom is 0.410 e. The Balaban J connectivity index is 1.97. The zero-order valence-electron chi connectivity index (χ0n) is 12.8. The Morgan fingerprint density at radius 3 is 2.71 bits per heavy atom. The van der Waals surface area contributed by atoms with Gasteiger partial charge >= 0.3 is 6.09 Å². The summed E-state index contributed by atoms with van der Waals surface area (Å²) in [5, 5.41) is 0. The van der Waals surface area contributed by atoms with Crippen LogP contribution in [-0.2, 0) is 4.74 Å². The predicted octanol–water partition coefficient (Wildman–Crippen LogP) is 3.29. The Hall–Kier alpha value is -1.30. The zero-order chi connectivity index (χ0) is 15.5. The standard InChI is InChI=1S/C15H22BrN3O2/c1-15(2,3)21-14(20)19-8-4-7-18(9-10-19)12-5-6-17-13(16)11-12/h5-6,11H,4,7-10H2,1-3H3. The van der Waals surface area contributed by atoms with Crippen molar-refractivity contribution in [2.45, 2.75) is 32.8 Å². The average molecular weight is 356 g/mol. The molecule has 6 heteroatoms. The number of hydrogen-bond acceptors (Lipinski definition) is 4. The minimum absolute atomic E-state index is 0.222. The van der Waals surface area contributed by atoms with E-state index in [1.54, 1.807) is 11.1 Å². The van der Waals surface area contributed by atoms with Gasteiger partial charge in [0.2, 0.25) is 0 Å². The number of halogens is 1. The minimum atomic E-state index is -0.445. The molecule has 0 unspecified atom stereocenters. The maximum atomic E-state index is 12.1. The van der Waals surface area contributed by atoms with Crippen molar-refractivity contribution in [3.8, 4) is 0 Å². The molecule has 0 radical (unpaired) electrons. The van der Waals surface area contributed by atoms with Gasteiger partial charge in [0.1, 0.15) is 10.2 Å². The lowest BCUT2D eigenvalue weighted by molar-refractivity contribution is 0.0263. The molecule has 0 aliphatic carbocycles. The molecule has 1 aromatic rings. The quantitative estimate of drug-likeness (QED) is 0.725. The van der Waals surface area contributed by atoms with E-state index in [0.29, 0.717) is 6.54 Å². The van der Waals surface area contributed by atoms with Crippen molar-refractivity contribution in [2.24, 2.45) is 0 Å². The zero-order valence-corrected chi connectivity index (χ0v) is 14.4. The molecule has 1 aliphatic heterocycles. The van der Waals surface area contributed by atoms with E-state index < -0.39 is 5.60 Å². The summed E-state index contributed by atoms with van der Waals surface area (Å²) in [5.41, 5.74) is 0.682. The molecular weight excluding hydrogens is 334 g/mol. The number of hydrogen-bond donors (Lipinski definition) is 0. The second-order valence-electron chi connectivity index (χ2n) is 6.14. The van der Waals surface area contributed by atoms with Gasteiger partial charge in [-0.05, 0) is 55.3 Å². The Bertz CT molecular complexity index is 502. The van der Waals surface area contributed by atoms with E-state index in [1.165, 1.54) is 0 Å². The molecule has 0 spiro atoms. The molecule has 0 atom stereocenters. The first-order valence-electron chi connectivity index (χ1n) is 7.19. The number of carbonyl (C=O) groups is 1. The Morgan fingerprint density at radius 2 is 2.05 bits per heavy atom. The normalized spacial score (nSPS) is 16.6. The molecule has 1 aromatic heterocycles. The van der Waals surface area contributed by atoms with Crippen LogP contribution in [0.4, 0.5) is 10.5 Å². The summed E-state index contributed by atoms with van der Waals surface area (Å²) in [6, 6.07) is 4.00. The van der Waals surface area contributed by atoms with Crippen LogP contribution in [0.5, 0.6) is 0 Å². The van der Waals surface area contributed by atoms with Crippen molar-refractivity contribution in [3.63, 3.8) is 0 Å². The third kappa shape index (κ3) is 4.88. The lowest BCUT2D eigenvalue weighted by atomic mass is 10.2. The summed E-state index contributed by atoms with van der Waals surface area (Å²) in [4.78, 5) is 20.3. The number of pyridine rings is 1. The molecule has 2 rings (SSSR count). The highest BCUT2D eigenvalue weighted by molar-refractivity contribution is 9.10. The van der Waals surface area contributed by atoms with Gasteiger partial charge in [0.25, 0.3) is 0 Å². The van der Waals surface area contributed by atoms with Crippen molar-refractivity contribution >= 4 is 27.7 Å². The number of amides is 1. The van der Waals surface area contributed by atoms with Crippen molar-refractivity contribution in [1.82, 2.24) is 9.88 Å². The van der Waals surface area contributed by atoms with E-state index in [1.807, 2.05) is 32.9 Å². The van der Waals surface area contributed by atoms with Crippen molar-refractivity contribution in [3.05, 3.63) is 22.9 Å². The lowest BCUT2D eigenvalue weighted by Gasteiger charge is -2.27. The monoisotopic (exact) mass is 355 g/mol. The van der Waals surface area contributed by atoms with Crippen molar-refractivity contribution in [1.29, 1.82) is 0 Å². The summed E-state index contributed by atoms with van der Waals surface area (Å²) in [5.74, 6) is 0. The van der Waals surface area contributed by atoms with Crippen molar-refractivity contribution < 1.29 is 9.53 Å². The number of carbonyl (C=O) groups excluding carboxylic acids is 1. The number of nitrogens with zero attached hydrogens (tertiary/aromatic N) is 3. The molecule has 0 saturated carbocycles. The predicted molar refractivity (Wildman–Crippen MR) is 86.6 cm³/mol. The summed E-state index contributed by atoms with van der Waals surface area (Å²) in [6.07, 6.45) is 2.50. The van der Waals surface area contributed by atoms with Gasteiger partial charge in [-0.2, -0.15) is 0 Å². The SMILES string of the molecule is CC(C)(C)OC(=O)N1CCCN(c2ccnc(Br)c2)CC1. The molecule has 21 heavy (non-hydrogen) atoms. The number of aromatic nitrogens is 1. The van der Waals surface area contributed by atoms with Crippen molar-refractivity contribution in [2.75, 3.05) is 31.1 Å². The first kappa shape index (κ1) is 16.1. The molecule has 0 bridgehead atoms. The van der Waals surface area contributed by atoms with Gasteiger partial charge < -0.3 is 14.5 Å². The summed E-state index contributed by atoms with van der Waals surface area (Å²) in [6.45, 7) is 8.81. The van der Waals surface area contributed by atoms with Crippen LogP contribution in [0.15, 0.2) is 22.9 Å². The van der Waals surface area contributed by atoms with Crippen LogP contribution in [0.25, 0.3) is 0 Å². The number of ether oxygens (including phenoxy) is 1. The van der Waals surface area contributed by atoms with E-state index >= 15 is 0 Å². The van der Waals surface area contributed by atoms with Crippen LogP contribution in [0, 0.1) is 0 Å². The molecule has 1 saturated heterocycles. The third-order valence-corrected chi connectivity index (χ3v) is 3.66. The van der Waals surface area contributed by atoms with Gasteiger partial charge in [-0.25, -0.2) is 9.78 Å². The van der Waals surface area contributed by atoms with E-state index in [4.69, 9.17) is 4.74 Å². The van der Waals surface area contributed by atoms with E-state index in [-0.39, 0.29) is 6.09 Å². The van der Waals surface area contributed by atoms with Crippen LogP contribution in [0.1, 0.15) is 27.2 Å². The average Bonchev–Trinajstić information content (AvgIpc) is 2.62. The van der Waals surface area contributed by atoms with Gasteiger partial charge in [0, 0.05) is 38.1 Å². The minimum Gasteiger partial charge on any atom is -0.444 e. The van der Waals surface area contributed by atoms with Crippen LogP contribution in [0.3, 0.4) is 0 Å². The lowest BCUT2D eigenvalue weighted by Crippen LogP contribution is -2.39. The molecule has 1 amide bonds. The first-order valence-corrected chi connectivity index (χ1v) is 7.99. The van der Waals surface area contributed by atoms with Gasteiger partial charge in [-0.3, -0.25) is 0 Å². The molecular formula is C15H22BrN3O2. The first-order chi connectivity index (χ1) is 9.85. The van der Waals surface area contributed by atoms with E-state index in [2.05, 4.69) is 25.8 Å². The van der Waals surface area contributed by atoms with Crippen LogP contribution in [-0.4, -0.2) is 47.8 Å². The summed E-state index contributed by atoms with van der Waals surface area (Å²) >= 11 is 3.39.